The number of rotatable bonds is 4. The van der Waals surface area contributed by atoms with Crippen molar-refractivity contribution in [2.24, 2.45) is 0 Å². The number of aromatic nitrogens is 4. The maximum absolute atomic E-state index is 4.84. The van der Waals surface area contributed by atoms with Crippen LogP contribution < -0.4 is 0 Å². The Morgan fingerprint density at radius 3 is 2.72 bits per heavy atom. The highest BCUT2D eigenvalue weighted by Crippen LogP contribution is 2.31. The number of fused-ring (bicyclic) bond motifs is 1. The molecule has 25 heavy (non-hydrogen) atoms. The van der Waals surface area contributed by atoms with Gasteiger partial charge in [-0.2, -0.15) is 0 Å². The number of H-pyrrole nitrogens is 1. The normalized spacial score (nSPS) is 18.9. The molecule has 1 aliphatic heterocycles. The molecule has 0 saturated carbocycles. The van der Waals surface area contributed by atoms with E-state index in [0.29, 0.717) is 12.0 Å². The van der Waals surface area contributed by atoms with Crippen LogP contribution in [0.2, 0.25) is 0 Å². The maximum atomic E-state index is 4.84. The summed E-state index contributed by atoms with van der Waals surface area (Å²) in [4.78, 5) is 19.9. The first-order valence-electron chi connectivity index (χ1n) is 9.20. The van der Waals surface area contributed by atoms with E-state index < -0.39 is 0 Å². The zero-order chi connectivity index (χ0) is 17.2. The summed E-state index contributed by atoms with van der Waals surface area (Å²) in [6.07, 6.45) is 7.59. The zero-order valence-electron chi connectivity index (χ0n) is 14.9. The molecule has 1 N–H and O–H groups in total. The third-order valence-corrected chi connectivity index (χ3v) is 4.96. The van der Waals surface area contributed by atoms with Gasteiger partial charge in [0, 0.05) is 30.4 Å². The van der Waals surface area contributed by atoms with Crippen molar-refractivity contribution in [3.63, 3.8) is 0 Å². The van der Waals surface area contributed by atoms with Crippen LogP contribution >= 0.6 is 0 Å². The molecule has 3 aromatic rings. The molecule has 2 aromatic heterocycles. The number of benzene rings is 1. The van der Waals surface area contributed by atoms with Gasteiger partial charge in [-0.05, 0) is 31.5 Å². The summed E-state index contributed by atoms with van der Waals surface area (Å²) in [7, 11) is 0. The lowest BCUT2D eigenvalue weighted by molar-refractivity contribution is 0.134. The van der Waals surface area contributed by atoms with Crippen LogP contribution in [0.4, 0.5) is 0 Å². The molecule has 0 bridgehead atoms. The highest BCUT2D eigenvalue weighted by Gasteiger charge is 2.26. The second-order valence-corrected chi connectivity index (χ2v) is 7.23. The second kappa shape index (κ2) is 6.92. The molecule has 0 radical (unpaired) electrons. The quantitative estimate of drug-likeness (QED) is 0.776. The van der Waals surface area contributed by atoms with E-state index in [4.69, 9.17) is 4.98 Å². The Morgan fingerprint density at radius 1 is 1.16 bits per heavy atom. The van der Waals surface area contributed by atoms with Crippen LogP contribution in [0.5, 0.6) is 0 Å². The van der Waals surface area contributed by atoms with Gasteiger partial charge in [-0.25, -0.2) is 15.0 Å². The van der Waals surface area contributed by atoms with Gasteiger partial charge in [-0.15, -0.1) is 0 Å². The number of likely N-dealkylation sites (tertiary alicyclic amines) is 1. The number of nitrogens with one attached hydrogen (secondary N) is 1. The summed E-state index contributed by atoms with van der Waals surface area (Å²) < 4.78 is 0. The fourth-order valence-corrected chi connectivity index (χ4v) is 3.60. The van der Waals surface area contributed by atoms with Crippen LogP contribution in [0.25, 0.3) is 11.0 Å². The summed E-state index contributed by atoms with van der Waals surface area (Å²) in [6, 6.07) is 8.60. The van der Waals surface area contributed by atoms with Gasteiger partial charge >= 0.3 is 0 Å². The minimum atomic E-state index is 0.339. The van der Waals surface area contributed by atoms with E-state index in [1.807, 2.05) is 18.5 Å². The number of imidazole rings is 1. The second-order valence-electron chi connectivity index (χ2n) is 7.23. The molecule has 5 nitrogen and oxygen atoms in total. The Bertz CT molecular complexity index is 804. The number of piperidine rings is 1. The van der Waals surface area contributed by atoms with Crippen molar-refractivity contribution in [3.05, 3.63) is 53.9 Å². The predicted molar refractivity (Wildman–Crippen MR) is 99.2 cm³/mol. The Labute approximate surface area is 148 Å². The standard InChI is InChI=1S/C20H25N5/c1-14(2)19-21-11-15(12-22-19)13-25-10-6-5-9-18(25)20-23-16-7-3-4-8-17(16)24-20/h3-4,7-8,11-12,14,18H,5-6,9-10,13H2,1-2H3,(H,23,24). The molecule has 0 spiro atoms. The molecular weight excluding hydrogens is 310 g/mol. The number of para-hydroxylation sites is 2. The summed E-state index contributed by atoms with van der Waals surface area (Å²) in [5, 5.41) is 0. The summed E-state index contributed by atoms with van der Waals surface area (Å²) in [5.41, 5.74) is 3.34. The summed E-state index contributed by atoms with van der Waals surface area (Å²) >= 11 is 0. The minimum absolute atomic E-state index is 0.339. The highest BCUT2D eigenvalue weighted by atomic mass is 15.2. The predicted octanol–water partition coefficient (Wildman–Crippen LogP) is 4.20. The zero-order valence-corrected chi connectivity index (χ0v) is 14.9. The van der Waals surface area contributed by atoms with Crippen molar-refractivity contribution >= 4 is 11.0 Å². The van der Waals surface area contributed by atoms with Gasteiger partial charge < -0.3 is 4.98 Å². The lowest BCUT2D eigenvalue weighted by Crippen LogP contribution is -2.33. The van der Waals surface area contributed by atoms with Crippen molar-refractivity contribution in [2.45, 2.75) is 51.6 Å². The SMILES string of the molecule is CC(C)c1ncc(CN2CCCCC2c2nc3ccccc3[nH]2)cn1. The molecule has 1 unspecified atom stereocenters. The molecule has 5 heteroatoms. The average Bonchev–Trinajstić information content (AvgIpc) is 3.06. The van der Waals surface area contributed by atoms with Crippen molar-refractivity contribution in [1.29, 1.82) is 0 Å². The van der Waals surface area contributed by atoms with E-state index in [9.17, 15) is 0 Å². The van der Waals surface area contributed by atoms with Gasteiger partial charge in [0.25, 0.3) is 0 Å². The van der Waals surface area contributed by atoms with Gasteiger partial charge in [0.15, 0.2) is 0 Å². The lowest BCUT2D eigenvalue weighted by Gasteiger charge is -2.34. The first-order valence-corrected chi connectivity index (χ1v) is 9.20. The number of hydrogen-bond acceptors (Lipinski definition) is 4. The molecular formula is C20H25N5. The third-order valence-electron chi connectivity index (χ3n) is 4.96. The molecule has 1 aliphatic rings. The van der Waals surface area contributed by atoms with Gasteiger partial charge in [0.2, 0.25) is 0 Å². The summed E-state index contributed by atoms with van der Waals surface area (Å²) in [5.74, 6) is 2.36. The van der Waals surface area contributed by atoms with Crippen LogP contribution in [0.15, 0.2) is 36.7 Å². The molecule has 1 atom stereocenters. The molecule has 3 heterocycles. The largest absolute Gasteiger partial charge is 0.341 e. The molecule has 1 saturated heterocycles. The fraction of sp³-hybridized carbons (Fsp3) is 0.450. The Hall–Kier alpha value is -2.27. The van der Waals surface area contributed by atoms with E-state index in [1.54, 1.807) is 0 Å². The lowest BCUT2D eigenvalue weighted by atomic mass is 10.0. The van der Waals surface area contributed by atoms with Crippen LogP contribution in [-0.2, 0) is 6.54 Å². The third kappa shape index (κ3) is 3.42. The Morgan fingerprint density at radius 2 is 1.96 bits per heavy atom. The molecule has 1 fully saturated rings. The molecule has 4 rings (SSSR count). The minimum Gasteiger partial charge on any atom is -0.341 e. The molecule has 0 amide bonds. The first kappa shape index (κ1) is 16.2. The maximum Gasteiger partial charge on any atom is 0.130 e. The average molecular weight is 335 g/mol. The van der Waals surface area contributed by atoms with Gasteiger partial charge in [-0.1, -0.05) is 32.4 Å². The van der Waals surface area contributed by atoms with Crippen LogP contribution in [0.3, 0.4) is 0 Å². The highest BCUT2D eigenvalue weighted by molar-refractivity contribution is 5.74. The van der Waals surface area contributed by atoms with Crippen molar-refractivity contribution in [1.82, 2.24) is 24.8 Å². The topological polar surface area (TPSA) is 57.7 Å². The van der Waals surface area contributed by atoms with Crippen molar-refractivity contribution in [2.75, 3.05) is 6.54 Å². The molecule has 1 aromatic carbocycles. The van der Waals surface area contributed by atoms with Gasteiger partial charge in [-0.3, -0.25) is 4.90 Å². The monoisotopic (exact) mass is 335 g/mol. The van der Waals surface area contributed by atoms with E-state index in [0.717, 1.165) is 42.2 Å². The smallest absolute Gasteiger partial charge is 0.130 e. The Balaban J connectivity index is 1.56. The van der Waals surface area contributed by atoms with Gasteiger partial charge in [0.1, 0.15) is 11.6 Å². The van der Waals surface area contributed by atoms with Gasteiger partial charge in [0.05, 0.1) is 17.1 Å². The van der Waals surface area contributed by atoms with Crippen molar-refractivity contribution < 1.29 is 0 Å². The van der Waals surface area contributed by atoms with E-state index >= 15 is 0 Å². The fourth-order valence-electron chi connectivity index (χ4n) is 3.60. The van der Waals surface area contributed by atoms with Crippen LogP contribution in [-0.4, -0.2) is 31.4 Å². The summed E-state index contributed by atoms with van der Waals surface area (Å²) in [6.45, 7) is 6.21. The number of nitrogens with zero attached hydrogens (tertiary/aromatic N) is 4. The molecule has 130 valence electrons. The molecule has 0 aliphatic carbocycles. The van der Waals surface area contributed by atoms with Crippen molar-refractivity contribution in [3.8, 4) is 0 Å². The number of aromatic amines is 1. The van der Waals surface area contributed by atoms with E-state index in [1.165, 1.54) is 18.4 Å². The first-order chi connectivity index (χ1) is 12.2. The van der Waals surface area contributed by atoms with Crippen LogP contribution in [0, 0.1) is 0 Å². The Kier molecular flexibility index (Phi) is 4.49. The van der Waals surface area contributed by atoms with Crippen LogP contribution in [0.1, 0.15) is 62.3 Å². The van der Waals surface area contributed by atoms with E-state index in [2.05, 4.69) is 51.9 Å². The number of hydrogen-bond donors (Lipinski definition) is 1. The van der Waals surface area contributed by atoms with E-state index in [-0.39, 0.29) is 0 Å².